The molecule has 2 rings (SSSR count). The third-order valence-corrected chi connectivity index (χ3v) is 4.19. The molecule has 100 valence electrons. The van der Waals surface area contributed by atoms with Crippen LogP contribution < -0.4 is 5.73 Å². The van der Waals surface area contributed by atoms with Gasteiger partial charge in [-0.25, -0.2) is 0 Å². The van der Waals surface area contributed by atoms with Gasteiger partial charge in [0.05, 0.1) is 22.8 Å². The van der Waals surface area contributed by atoms with E-state index in [1.807, 2.05) is 14.0 Å². The summed E-state index contributed by atoms with van der Waals surface area (Å²) < 4.78 is 2.13. The van der Waals surface area contributed by atoms with Crippen LogP contribution in [0, 0.1) is 0 Å². The molecule has 0 aliphatic heterocycles. The number of nitrogens with zero attached hydrogens (tertiary/aromatic N) is 3. The second-order valence-corrected chi connectivity index (χ2v) is 5.69. The van der Waals surface area contributed by atoms with Crippen LogP contribution >= 0.6 is 12.2 Å². The van der Waals surface area contributed by atoms with Gasteiger partial charge in [0.25, 0.3) is 0 Å². The van der Waals surface area contributed by atoms with Crippen molar-refractivity contribution < 1.29 is 0 Å². The summed E-state index contributed by atoms with van der Waals surface area (Å²) in [5, 5.41) is 4.66. The van der Waals surface area contributed by atoms with Crippen molar-refractivity contribution in [2.75, 3.05) is 7.05 Å². The van der Waals surface area contributed by atoms with Crippen LogP contribution in [-0.2, 0) is 6.54 Å². The Bertz CT molecular complexity index is 409. The number of rotatable bonds is 5. The van der Waals surface area contributed by atoms with Gasteiger partial charge in [-0.2, -0.15) is 5.10 Å². The van der Waals surface area contributed by atoms with E-state index >= 15 is 0 Å². The predicted octanol–water partition coefficient (Wildman–Crippen LogP) is 2.10. The lowest BCUT2D eigenvalue weighted by Crippen LogP contribution is -2.38. The molecule has 0 bridgehead atoms. The van der Waals surface area contributed by atoms with E-state index in [4.69, 9.17) is 18.0 Å². The van der Waals surface area contributed by atoms with Gasteiger partial charge in [-0.3, -0.25) is 9.58 Å². The number of nitrogens with two attached hydrogens (primary N) is 1. The Morgan fingerprint density at radius 2 is 2.28 bits per heavy atom. The maximum absolute atomic E-state index is 5.66. The molecule has 1 saturated carbocycles. The van der Waals surface area contributed by atoms with Crippen molar-refractivity contribution in [1.29, 1.82) is 0 Å². The second-order valence-electron chi connectivity index (χ2n) is 5.22. The lowest BCUT2D eigenvalue weighted by Gasteiger charge is -2.22. The Morgan fingerprint density at radius 1 is 1.61 bits per heavy atom. The number of hydrogen-bond acceptors (Lipinski definition) is 3. The highest BCUT2D eigenvalue weighted by atomic mass is 32.1. The largest absolute Gasteiger partial charge is 0.392 e. The van der Waals surface area contributed by atoms with Gasteiger partial charge in [0.1, 0.15) is 0 Å². The van der Waals surface area contributed by atoms with E-state index in [0.717, 1.165) is 12.2 Å². The predicted molar refractivity (Wildman–Crippen MR) is 77.4 cm³/mol. The first-order chi connectivity index (χ1) is 8.58. The molecule has 0 radical (unpaired) electrons. The van der Waals surface area contributed by atoms with Crippen LogP contribution in [0.4, 0.5) is 0 Å². The van der Waals surface area contributed by atoms with E-state index in [2.05, 4.69) is 26.9 Å². The van der Waals surface area contributed by atoms with E-state index in [0.29, 0.717) is 11.0 Å². The van der Waals surface area contributed by atoms with E-state index < -0.39 is 0 Å². The highest BCUT2D eigenvalue weighted by Crippen LogP contribution is 2.28. The maximum atomic E-state index is 5.66. The Labute approximate surface area is 114 Å². The molecule has 0 spiro atoms. The topological polar surface area (TPSA) is 47.1 Å². The summed E-state index contributed by atoms with van der Waals surface area (Å²) in [6.07, 6.45) is 7.29. The Hall–Kier alpha value is -0.940. The van der Waals surface area contributed by atoms with Crippen molar-refractivity contribution in [1.82, 2.24) is 14.7 Å². The Balaban J connectivity index is 1.95. The molecule has 0 amide bonds. The number of hydrogen-bond donors (Lipinski definition) is 1. The Morgan fingerprint density at radius 3 is 2.89 bits per heavy atom. The fourth-order valence-corrected chi connectivity index (χ4v) is 2.62. The minimum atomic E-state index is 0.108. The van der Waals surface area contributed by atoms with E-state index in [9.17, 15) is 0 Å². The maximum Gasteiger partial charge on any atom is 0.0899 e. The summed E-state index contributed by atoms with van der Waals surface area (Å²) in [7, 11) is 2.03. The lowest BCUT2D eigenvalue weighted by molar-refractivity contribution is 0.298. The average molecular weight is 266 g/mol. The van der Waals surface area contributed by atoms with Crippen molar-refractivity contribution in [3.05, 3.63) is 18.0 Å². The number of likely N-dealkylation sites (N-methyl/N-ethyl adjacent to an activating group) is 1. The number of thiocarbonyl (C=S) groups is 1. The normalized spacial score (nSPS) is 18.4. The summed E-state index contributed by atoms with van der Waals surface area (Å²) in [6, 6.07) is 2.81. The first kappa shape index (κ1) is 13.5. The van der Waals surface area contributed by atoms with E-state index in [1.165, 1.54) is 25.7 Å². The molecule has 0 saturated heterocycles. The standard InChI is InChI=1S/C13H22N4S/c1-10(13(14)18)16(2)9-11-7-8-17(15-11)12-5-3-4-6-12/h7-8,10,12H,3-6,9H2,1-2H3,(H2,14,18). The van der Waals surface area contributed by atoms with Crippen LogP contribution in [0.25, 0.3) is 0 Å². The highest BCUT2D eigenvalue weighted by Gasteiger charge is 2.18. The molecular formula is C13H22N4S. The summed E-state index contributed by atoms with van der Waals surface area (Å²) >= 11 is 5.01. The van der Waals surface area contributed by atoms with Gasteiger partial charge < -0.3 is 5.73 Å². The van der Waals surface area contributed by atoms with Gasteiger partial charge in [-0.15, -0.1) is 0 Å². The number of aromatic nitrogens is 2. The first-order valence-electron chi connectivity index (χ1n) is 6.61. The van der Waals surface area contributed by atoms with Crippen molar-refractivity contribution in [2.45, 2.75) is 51.2 Å². The summed E-state index contributed by atoms with van der Waals surface area (Å²) in [6.45, 7) is 2.81. The zero-order chi connectivity index (χ0) is 13.1. The third kappa shape index (κ3) is 3.09. The van der Waals surface area contributed by atoms with Crippen molar-refractivity contribution >= 4 is 17.2 Å². The molecule has 1 aliphatic rings. The van der Waals surface area contributed by atoms with Crippen molar-refractivity contribution in [2.24, 2.45) is 5.73 Å². The minimum absolute atomic E-state index is 0.108. The van der Waals surface area contributed by atoms with Crippen molar-refractivity contribution in [3.63, 3.8) is 0 Å². The monoisotopic (exact) mass is 266 g/mol. The molecule has 1 aromatic heterocycles. The molecule has 1 aromatic rings. The molecule has 18 heavy (non-hydrogen) atoms. The molecule has 1 unspecified atom stereocenters. The van der Waals surface area contributed by atoms with Gasteiger partial charge in [0.2, 0.25) is 0 Å². The lowest BCUT2D eigenvalue weighted by atomic mass is 10.3. The molecule has 1 fully saturated rings. The quantitative estimate of drug-likeness (QED) is 0.829. The Kier molecular flexibility index (Phi) is 4.35. The highest BCUT2D eigenvalue weighted by molar-refractivity contribution is 7.80. The third-order valence-electron chi connectivity index (χ3n) is 3.85. The molecule has 2 N–H and O–H groups in total. The first-order valence-corrected chi connectivity index (χ1v) is 7.02. The molecule has 1 aliphatic carbocycles. The fourth-order valence-electron chi connectivity index (χ4n) is 2.44. The van der Waals surface area contributed by atoms with Crippen molar-refractivity contribution in [3.8, 4) is 0 Å². The molecule has 4 nitrogen and oxygen atoms in total. The fraction of sp³-hybridized carbons (Fsp3) is 0.692. The van der Waals surface area contributed by atoms with Gasteiger partial charge in [-0.05, 0) is 32.9 Å². The smallest absolute Gasteiger partial charge is 0.0899 e. The van der Waals surface area contributed by atoms with Crippen LogP contribution in [0.5, 0.6) is 0 Å². The van der Waals surface area contributed by atoms with Crippen LogP contribution in [0.3, 0.4) is 0 Å². The molecule has 1 heterocycles. The van der Waals surface area contributed by atoms with Gasteiger partial charge in [0.15, 0.2) is 0 Å². The van der Waals surface area contributed by atoms with E-state index in [1.54, 1.807) is 0 Å². The van der Waals surface area contributed by atoms with Gasteiger partial charge in [0, 0.05) is 12.7 Å². The minimum Gasteiger partial charge on any atom is -0.392 e. The SMILES string of the molecule is CC(C(N)=S)N(C)Cc1ccn(C2CCCC2)n1. The zero-order valence-corrected chi connectivity index (χ0v) is 12.0. The van der Waals surface area contributed by atoms with Gasteiger partial charge >= 0.3 is 0 Å². The molecule has 0 aromatic carbocycles. The summed E-state index contributed by atoms with van der Waals surface area (Å²) in [5.41, 5.74) is 6.75. The molecular weight excluding hydrogens is 244 g/mol. The molecule has 1 atom stereocenters. The van der Waals surface area contributed by atoms with Gasteiger partial charge in [-0.1, -0.05) is 25.1 Å². The van der Waals surface area contributed by atoms with Crippen LogP contribution in [0.2, 0.25) is 0 Å². The molecule has 5 heteroatoms. The summed E-state index contributed by atoms with van der Waals surface area (Å²) in [4.78, 5) is 2.66. The second kappa shape index (κ2) is 5.80. The average Bonchev–Trinajstić information content (AvgIpc) is 2.96. The van der Waals surface area contributed by atoms with Crippen LogP contribution in [0.15, 0.2) is 12.3 Å². The van der Waals surface area contributed by atoms with Crippen LogP contribution in [0.1, 0.15) is 44.3 Å². The zero-order valence-electron chi connectivity index (χ0n) is 11.2. The van der Waals surface area contributed by atoms with E-state index in [-0.39, 0.29) is 6.04 Å². The summed E-state index contributed by atoms with van der Waals surface area (Å²) in [5.74, 6) is 0. The van der Waals surface area contributed by atoms with Crippen LogP contribution in [-0.4, -0.2) is 32.8 Å².